The Balaban J connectivity index is 1.96. The molecule has 0 radical (unpaired) electrons. The van der Waals surface area contributed by atoms with Gasteiger partial charge in [-0.1, -0.05) is 27.7 Å². The SMILES string of the molecule is Nc1nc(SCCS(=O)(=O)c2ccc(Br)cc2)n[nH]1. The van der Waals surface area contributed by atoms with E-state index in [1.165, 1.54) is 11.8 Å². The molecule has 2 aromatic rings. The Morgan fingerprint density at radius 3 is 2.58 bits per heavy atom. The van der Waals surface area contributed by atoms with Gasteiger partial charge in [0.25, 0.3) is 0 Å². The molecule has 0 unspecified atom stereocenters. The standard InChI is InChI=1S/C10H11BrN4O2S2/c11-7-1-3-8(4-2-7)19(16,17)6-5-18-10-13-9(12)14-15-10/h1-4H,5-6H2,(H3,12,13,14,15). The van der Waals surface area contributed by atoms with Crippen LogP contribution < -0.4 is 5.73 Å². The van der Waals surface area contributed by atoms with Crippen molar-refractivity contribution in [3.8, 4) is 0 Å². The van der Waals surface area contributed by atoms with Gasteiger partial charge in [-0.3, -0.25) is 0 Å². The van der Waals surface area contributed by atoms with Crippen LogP contribution in [0.1, 0.15) is 0 Å². The number of hydrogen-bond donors (Lipinski definition) is 2. The van der Waals surface area contributed by atoms with E-state index in [2.05, 4.69) is 31.1 Å². The van der Waals surface area contributed by atoms with Crippen LogP contribution in [0.2, 0.25) is 0 Å². The van der Waals surface area contributed by atoms with E-state index < -0.39 is 9.84 Å². The van der Waals surface area contributed by atoms with E-state index in [1.807, 2.05) is 0 Å². The molecule has 1 aromatic heterocycles. The Morgan fingerprint density at radius 2 is 2.00 bits per heavy atom. The highest BCUT2D eigenvalue weighted by atomic mass is 79.9. The minimum absolute atomic E-state index is 0.0216. The molecule has 9 heteroatoms. The van der Waals surface area contributed by atoms with Gasteiger partial charge in [-0.05, 0) is 24.3 Å². The number of sulfone groups is 1. The van der Waals surface area contributed by atoms with Crippen LogP contribution in [0.3, 0.4) is 0 Å². The fraction of sp³-hybridized carbons (Fsp3) is 0.200. The van der Waals surface area contributed by atoms with Gasteiger partial charge >= 0.3 is 0 Å². The van der Waals surface area contributed by atoms with Gasteiger partial charge in [0.15, 0.2) is 9.84 Å². The molecule has 0 aliphatic heterocycles. The summed E-state index contributed by atoms with van der Waals surface area (Å²) in [6.07, 6.45) is 0. The molecule has 2 rings (SSSR count). The molecule has 0 spiro atoms. The molecule has 1 heterocycles. The van der Waals surface area contributed by atoms with Crippen molar-refractivity contribution in [2.45, 2.75) is 10.1 Å². The summed E-state index contributed by atoms with van der Waals surface area (Å²) in [5.41, 5.74) is 5.38. The van der Waals surface area contributed by atoms with E-state index >= 15 is 0 Å². The number of rotatable bonds is 5. The van der Waals surface area contributed by atoms with E-state index in [4.69, 9.17) is 5.73 Å². The Morgan fingerprint density at radius 1 is 1.32 bits per heavy atom. The molecule has 0 saturated heterocycles. The van der Waals surface area contributed by atoms with E-state index in [-0.39, 0.29) is 11.7 Å². The van der Waals surface area contributed by atoms with Gasteiger partial charge in [-0.25, -0.2) is 13.5 Å². The summed E-state index contributed by atoms with van der Waals surface area (Å²) in [6.45, 7) is 0. The zero-order chi connectivity index (χ0) is 13.9. The molecule has 0 atom stereocenters. The lowest BCUT2D eigenvalue weighted by atomic mass is 10.4. The van der Waals surface area contributed by atoms with Crippen molar-refractivity contribution in [2.75, 3.05) is 17.2 Å². The number of aromatic nitrogens is 3. The lowest BCUT2D eigenvalue weighted by Gasteiger charge is -2.03. The summed E-state index contributed by atoms with van der Waals surface area (Å²) < 4.78 is 24.9. The average Bonchev–Trinajstić information content (AvgIpc) is 2.75. The molecule has 19 heavy (non-hydrogen) atoms. The van der Waals surface area contributed by atoms with Crippen molar-refractivity contribution in [2.24, 2.45) is 0 Å². The predicted molar refractivity (Wildman–Crippen MR) is 77.7 cm³/mol. The lowest BCUT2D eigenvalue weighted by Crippen LogP contribution is -2.08. The zero-order valence-electron chi connectivity index (χ0n) is 9.71. The maximum atomic E-state index is 12.0. The van der Waals surface area contributed by atoms with Crippen LogP contribution in [0.25, 0.3) is 0 Å². The molecule has 0 aliphatic carbocycles. The maximum Gasteiger partial charge on any atom is 0.216 e. The minimum Gasteiger partial charge on any atom is -0.368 e. The number of anilines is 1. The fourth-order valence-corrected chi connectivity index (χ4v) is 4.04. The summed E-state index contributed by atoms with van der Waals surface area (Å²) in [5, 5.41) is 6.76. The van der Waals surface area contributed by atoms with Crippen molar-refractivity contribution in [1.82, 2.24) is 15.2 Å². The third-order valence-corrected chi connectivity index (χ3v) is 5.61. The Labute approximate surface area is 123 Å². The molecule has 0 fully saturated rings. The maximum absolute atomic E-state index is 12.0. The van der Waals surface area contributed by atoms with Crippen LogP contribution in [0.4, 0.5) is 5.95 Å². The number of nitrogens with zero attached hydrogens (tertiary/aromatic N) is 2. The first-order valence-electron chi connectivity index (χ1n) is 5.26. The average molecular weight is 363 g/mol. The number of nitrogen functional groups attached to an aromatic ring is 1. The number of nitrogens with two attached hydrogens (primary N) is 1. The Kier molecular flexibility index (Phi) is 4.48. The first kappa shape index (κ1) is 14.4. The van der Waals surface area contributed by atoms with E-state index in [9.17, 15) is 8.42 Å². The molecule has 1 aromatic carbocycles. The molecule has 0 saturated carbocycles. The van der Waals surface area contributed by atoms with Crippen molar-refractivity contribution < 1.29 is 8.42 Å². The first-order valence-corrected chi connectivity index (χ1v) is 8.69. The lowest BCUT2D eigenvalue weighted by molar-refractivity contribution is 0.597. The van der Waals surface area contributed by atoms with Crippen molar-refractivity contribution in [3.63, 3.8) is 0 Å². The number of benzene rings is 1. The summed E-state index contributed by atoms with van der Waals surface area (Å²) >= 11 is 4.51. The normalized spacial score (nSPS) is 11.6. The van der Waals surface area contributed by atoms with Gasteiger partial charge < -0.3 is 5.73 Å². The highest BCUT2D eigenvalue weighted by molar-refractivity contribution is 9.10. The third-order valence-electron chi connectivity index (χ3n) is 2.24. The van der Waals surface area contributed by atoms with Crippen LogP contribution in [0.15, 0.2) is 38.8 Å². The third kappa shape index (κ3) is 3.95. The van der Waals surface area contributed by atoms with Gasteiger partial charge in [-0.15, -0.1) is 5.10 Å². The Hall–Kier alpha value is -1.06. The molecule has 0 aliphatic rings. The van der Waals surface area contributed by atoms with Crippen LogP contribution >= 0.6 is 27.7 Å². The Bertz CT molecular complexity index is 654. The second-order valence-corrected chi connectivity index (χ2v) is 7.71. The number of aromatic amines is 1. The molecule has 3 N–H and O–H groups in total. The molecule has 102 valence electrons. The van der Waals surface area contributed by atoms with Crippen LogP contribution in [0, 0.1) is 0 Å². The molecule has 0 bridgehead atoms. The van der Waals surface area contributed by atoms with Gasteiger partial charge in [0.2, 0.25) is 11.1 Å². The number of H-pyrrole nitrogens is 1. The number of thioether (sulfide) groups is 1. The van der Waals surface area contributed by atoms with Gasteiger partial charge in [0, 0.05) is 10.2 Å². The summed E-state index contributed by atoms with van der Waals surface area (Å²) in [6, 6.07) is 6.57. The quantitative estimate of drug-likeness (QED) is 0.785. The fourth-order valence-electron chi connectivity index (χ4n) is 1.33. The van der Waals surface area contributed by atoms with Crippen LogP contribution in [-0.4, -0.2) is 35.1 Å². The van der Waals surface area contributed by atoms with Crippen LogP contribution in [-0.2, 0) is 9.84 Å². The van der Waals surface area contributed by atoms with Crippen molar-refractivity contribution in [1.29, 1.82) is 0 Å². The summed E-state index contributed by atoms with van der Waals surface area (Å²) in [7, 11) is -3.28. The van der Waals surface area contributed by atoms with Gasteiger partial charge in [-0.2, -0.15) is 4.98 Å². The summed E-state index contributed by atoms with van der Waals surface area (Å²) in [5.74, 6) is 0.613. The molecule has 0 amide bonds. The van der Waals surface area contributed by atoms with Gasteiger partial charge in [0.1, 0.15) is 0 Å². The second kappa shape index (κ2) is 5.93. The molecular weight excluding hydrogens is 352 g/mol. The van der Waals surface area contributed by atoms with E-state index in [1.54, 1.807) is 24.3 Å². The molecular formula is C10H11BrN4O2S2. The largest absolute Gasteiger partial charge is 0.368 e. The van der Waals surface area contributed by atoms with Crippen molar-refractivity contribution in [3.05, 3.63) is 28.7 Å². The number of nitrogens with one attached hydrogen (secondary N) is 1. The van der Waals surface area contributed by atoms with E-state index in [0.717, 1.165) is 4.47 Å². The molecule has 6 nitrogen and oxygen atoms in total. The topological polar surface area (TPSA) is 102 Å². The summed E-state index contributed by atoms with van der Waals surface area (Å²) in [4.78, 5) is 4.20. The first-order chi connectivity index (χ1) is 8.97. The minimum atomic E-state index is -3.28. The van der Waals surface area contributed by atoms with Crippen molar-refractivity contribution >= 4 is 43.5 Å². The zero-order valence-corrected chi connectivity index (χ0v) is 12.9. The highest BCUT2D eigenvalue weighted by Gasteiger charge is 2.14. The number of halogens is 1. The van der Waals surface area contributed by atoms with E-state index in [0.29, 0.717) is 15.8 Å². The highest BCUT2D eigenvalue weighted by Crippen LogP contribution is 2.19. The van der Waals surface area contributed by atoms with Gasteiger partial charge in [0.05, 0.1) is 10.6 Å². The second-order valence-electron chi connectivity index (χ2n) is 3.62. The predicted octanol–water partition coefficient (Wildman–Crippen LogP) is 1.72. The smallest absolute Gasteiger partial charge is 0.216 e. The monoisotopic (exact) mass is 362 g/mol. The number of hydrogen-bond acceptors (Lipinski definition) is 6. The van der Waals surface area contributed by atoms with Crippen LogP contribution in [0.5, 0.6) is 0 Å².